The molecule has 0 heterocycles. The van der Waals surface area contributed by atoms with E-state index < -0.39 is 10.1 Å². The summed E-state index contributed by atoms with van der Waals surface area (Å²) < 4.78 is 31.1. The minimum Gasteiger partial charge on any atom is -0.378 e. The lowest BCUT2D eigenvalue weighted by Gasteiger charge is -2.14. The summed E-state index contributed by atoms with van der Waals surface area (Å²) in [4.78, 5) is 12.3. The molecule has 0 aromatic heterocycles. The Kier molecular flexibility index (Phi) is 4.30. The average Bonchev–Trinajstić information content (AvgIpc) is 2.77. The highest BCUT2D eigenvalue weighted by Crippen LogP contribution is 2.41. The fraction of sp³-hybridized carbons (Fsp3) is 0.278. The van der Waals surface area contributed by atoms with Gasteiger partial charge < -0.3 is 4.18 Å². The number of fused-ring (bicyclic) bond motifs is 1. The largest absolute Gasteiger partial charge is 0.378 e. The molecule has 0 bridgehead atoms. The third-order valence-corrected chi connectivity index (χ3v) is 6.46. The molecule has 3 rings (SSSR count). The summed E-state index contributed by atoms with van der Waals surface area (Å²) in [6.07, 6.45) is 0.380. The van der Waals surface area contributed by atoms with E-state index in [9.17, 15) is 13.2 Å². The average molecular weight is 409 g/mol. The van der Waals surface area contributed by atoms with Crippen LogP contribution in [0.3, 0.4) is 0 Å². The van der Waals surface area contributed by atoms with Crippen LogP contribution in [0.1, 0.15) is 46.3 Å². The molecule has 24 heavy (non-hydrogen) atoms. The van der Waals surface area contributed by atoms with Crippen molar-refractivity contribution in [2.24, 2.45) is 0 Å². The fourth-order valence-electron chi connectivity index (χ4n) is 3.15. The van der Waals surface area contributed by atoms with E-state index in [1.807, 2.05) is 20.8 Å². The molecule has 2 aromatic rings. The Labute approximate surface area is 150 Å². The normalized spacial score (nSPS) is 17.0. The quantitative estimate of drug-likeness (QED) is 0.700. The molecule has 1 aliphatic rings. The van der Waals surface area contributed by atoms with Gasteiger partial charge in [-0.2, -0.15) is 8.42 Å². The maximum absolute atomic E-state index is 12.6. The van der Waals surface area contributed by atoms with Crippen molar-refractivity contribution in [1.82, 2.24) is 0 Å². The zero-order valence-electron chi connectivity index (χ0n) is 13.6. The Balaban J connectivity index is 2.08. The number of hydrogen-bond donors (Lipinski definition) is 0. The van der Waals surface area contributed by atoms with E-state index >= 15 is 0 Å². The lowest BCUT2D eigenvalue weighted by Crippen LogP contribution is -2.13. The van der Waals surface area contributed by atoms with Crippen molar-refractivity contribution < 1.29 is 17.4 Å². The summed E-state index contributed by atoms with van der Waals surface area (Å²) >= 11 is 3.27. The second-order valence-electron chi connectivity index (χ2n) is 6.17. The molecule has 0 amide bonds. The van der Waals surface area contributed by atoms with Crippen molar-refractivity contribution in [3.63, 3.8) is 0 Å². The molecular formula is C18H17BrO4S. The fourth-order valence-corrected chi connectivity index (χ4v) is 5.24. The van der Waals surface area contributed by atoms with Crippen molar-refractivity contribution in [1.29, 1.82) is 0 Å². The second kappa shape index (κ2) is 6.01. The van der Waals surface area contributed by atoms with Gasteiger partial charge in [0.15, 0.2) is 11.5 Å². The molecular weight excluding hydrogens is 392 g/mol. The zero-order chi connectivity index (χ0) is 17.6. The monoisotopic (exact) mass is 408 g/mol. The highest BCUT2D eigenvalue weighted by molar-refractivity contribution is 9.10. The molecule has 1 aliphatic carbocycles. The summed E-state index contributed by atoms with van der Waals surface area (Å²) in [5.74, 6) is 0.108. The molecule has 6 heteroatoms. The molecule has 0 unspecified atom stereocenters. The van der Waals surface area contributed by atoms with Crippen LogP contribution in [0.4, 0.5) is 0 Å². The summed E-state index contributed by atoms with van der Waals surface area (Å²) in [5, 5.41) is 0. The summed E-state index contributed by atoms with van der Waals surface area (Å²) in [6.45, 7) is 5.75. The number of carbonyl (C=O) groups is 1. The molecule has 1 atom stereocenters. The first-order chi connectivity index (χ1) is 11.2. The maximum atomic E-state index is 12.6. The summed E-state index contributed by atoms with van der Waals surface area (Å²) in [6, 6.07) is 8.26. The number of benzene rings is 2. The number of Topliss-reactive ketones (excluding diaryl/α,β-unsaturated/α-hetero) is 1. The topological polar surface area (TPSA) is 60.4 Å². The van der Waals surface area contributed by atoms with Crippen LogP contribution >= 0.6 is 15.9 Å². The molecule has 0 saturated carbocycles. The van der Waals surface area contributed by atoms with Crippen molar-refractivity contribution >= 4 is 31.8 Å². The minimum atomic E-state index is -4.04. The van der Waals surface area contributed by atoms with Gasteiger partial charge in [0, 0.05) is 10.9 Å². The third-order valence-electron chi connectivity index (χ3n) is 4.24. The number of halogens is 1. The number of hydrogen-bond acceptors (Lipinski definition) is 4. The van der Waals surface area contributed by atoms with E-state index in [-0.39, 0.29) is 22.3 Å². The number of aryl methyl sites for hydroxylation is 2. The van der Waals surface area contributed by atoms with Crippen molar-refractivity contribution in [2.75, 3.05) is 0 Å². The molecule has 0 spiro atoms. The maximum Gasteiger partial charge on any atom is 0.340 e. The minimum absolute atomic E-state index is 0.0425. The molecule has 4 nitrogen and oxygen atoms in total. The van der Waals surface area contributed by atoms with Gasteiger partial charge in [-0.15, -0.1) is 0 Å². The Morgan fingerprint density at radius 2 is 1.88 bits per heavy atom. The van der Waals surface area contributed by atoms with Crippen LogP contribution in [-0.4, -0.2) is 14.2 Å². The highest BCUT2D eigenvalue weighted by atomic mass is 79.9. The first-order valence-corrected chi connectivity index (χ1v) is 9.78. The lowest BCUT2D eigenvalue weighted by molar-refractivity contribution is 0.0989. The SMILES string of the molecule is Cc1ccc(S(=O)(=O)Oc2ccc(C)c3c2C(=O)C[C@H]3C)c(Br)c1. The van der Waals surface area contributed by atoms with E-state index in [1.165, 1.54) is 6.07 Å². The van der Waals surface area contributed by atoms with Crippen molar-refractivity contribution in [3.8, 4) is 5.75 Å². The van der Waals surface area contributed by atoms with Gasteiger partial charge in [0.05, 0.1) is 5.56 Å². The van der Waals surface area contributed by atoms with Gasteiger partial charge in [-0.1, -0.05) is 19.1 Å². The Bertz CT molecular complexity index is 948. The van der Waals surface area contributed by atoms with E-state index in [2.05, 4.69) is 15.9 Å². The first-order valence-electron chi connectivity index (χ1n) is 7.58. The van der Waals surface area contributed by atoms with Gasteiger partial charge in [0.25, 0.3) is 0 Å². The second-order valence-corrected chi connectivity index (χ2v) is 8.54. The van der Waals surface area contributed by atoms with Gasteiger partial charge in [0.1, 0.15) is 4.90 Å². The predicted molar refractivity (Wildman–Crippen MR) is 95.2 cm³/mol. The summed E-state index contributed by atoms with van der Waals surface area (Å²) in [7, 11) is -4.04. The molecule has 0 fully saturated rings. The third kappa shape index (κ3) is 2.89. The van der Waals surface area contributed by atoms with Gasteiger partial charge in [-0.05, 0) is 70.6 Å². The number of rotatable bonds is 3. The van der Waals surface area contributed by atoms with Gasteiger partial charge in [-0.3, -0.25) is 4.79 Å². The predicted octanol–water partition coefficient (Wildman–Crippen LogP) is 4.52. The molecule has 0 radical (unpaired) electrons. The van der Waals surface area contributed by atoms with Gasteiger partial charge in [-0.25, -0.2) is 0 Å². The van der Waals surface area contributed by atoms with Crippen LogP contribution in [0.5, 0.6) is 5.75 Å². The molecule has 0 saturated heterocycles. The van der Waals surface area contributed by atoms with Crippen LogP contribution < -0.4 is 4.18 Å². The zero-order valence-corrected chi connectivity index (χ0v) is 16.0. The van der Waals surface area contributed by atoms with E-state index in [0.29, 0.717) is 16.5 Å². The highest BCUT2D eigenvalue weighted by Gasteiger charge is 2.33. The van der Waals surface area contributed by atoms with Crippen molar-refractivity contribution in [3.05, 3.63) is 57.1 Å². The van der Waals surface area contributed by atoms with E-state index in [0.717, 1.165) is 16.7 Å². The molecule has 0 aliphatic heterocycles. The van der Waals surface area contributed by atoms with Crippen LogP contribution in [0, 0.1) is 13.8 Å². The van der Waals surface area contributed by atoms with Crippen LogP contribution in [0.25, 0.3) is 0 Å². The van der Waals surface area contributed by atoms with Crippen LogP contribution in [0.15, 0.2) is 39.7 Å². The molecule has 0 N–H and O–H groups in total. The standard InChI is InChI=1S/C18H17BrO4S/c1-10-4-7-16(13(19)8-10)24(21,22)23-15-6-5-11(2)17-12(3)9-14(20)18(15)17/h4-8,12H,9H2,1-3H3/t12-/m1/s1. The van der Waals surface area contributed by atoms with Gasteiger partial charge >= 0.3 is 10.1 Å². The van der Waals surface area contributed by atoms with Crippen LogP contribution in [0.2, 0.25) is 0 Å². The van der Waals surface area contributed by atoms with E-state index in [1.54, 1.807) is 24.3 Å². The molecule has 2 aromatic carbocycles. The Hall–Kier alpha value is -1.66. The van der Waals surface area contributed by atoms with E-state index in [4.69, 9.17) is 4.18 Å². The molecule has 126 valence electrons. The Morgan fingerprint density at radius 1 is 1.17 bits per heavy atom. The van der Waals surface area contributed by atoms with Crippen molar-refractivity contribution in [2.45, 2.75) is 38.0 Å². The van der Waals surface area contributed by atoms with Gasteiger partial charge in [0.2, 0.25) is 0 Å². The number of ketones is 1. The smallest absolute Gasteiger partial charge is 0.340 e. The summed E-state index contributed by atoms with van der Waals surface area (Å²) in [5.41, 5.74) is 3.19. The number of carbonyl (C=O) groups excluding carboxylic acids is 1. The van der Waals surface area contributed by atoms with Crippen LogP contribution in [-0.2, 0) is 10.1 Å². The first kappa shape index (κ1) is 17.2. The Morgan fingerprint density at radius 3 is 2.54 bits per heavy atom. The lowest BCUT2D eigenvalue weighted by atomic mass is 9.98.